The van der Waals surface area contributed by atoms with Crippen LogP contribution in [0.5, 0.6) is 23.0 Å². The van der Waals surface area contributed by atoms with Gasteiger partial charge in [0.25, 0.3) is 0 Å². The van der Waals surface area contributed by atoms with E-state index in [4.69, 9.17) is 9.47 Å². The van der Waals surface area contributed by atoms with Gasteiger partial charge in [-0.1, -0.05) is 6.08 Å². The molecule has 0 amide bonds. The molecule has 126 valence electrons. The van der Waals surface area contributed by atoms with Crippen molar-refractivity contribution in [2.24, 2.45) is 5.92 Å². The molecule has 2 heterocycles. The lowest BCUT2D eigenvalue weighted by molar-refractivity contribution is -0.127. The molecule has 1 aromatic rings. The van der Waals surface area contributed by atoms with Gasteiger partial charge in [-0.3, -0.25) is 4.79 Å². The SMILES string of the molecule is COc1c(O)c(O)c2c3c1O[C@H]1C(=O)C=C[C@H]4[C@@H](C2)N(C)CC[C@]314. The number of rotatable bonds is 1. The number of hydrogen-bond acceptors (Lipinski definition) is 6. The highest BCUT2D eigenvalue weighted by Gasteiger charge is 2.65. The summed E-state index contributed by atoms with van der Waals surface area (Å²) < 4.78 is 11.4. The fourth-order valence-corrected chi connectivity index (χ4v) is 5.37. The van der Waals surface area contributed by atoms with Crippen molar-refractivity contribution < 1.29 is 24.5 Å². The van der Waals surface area contributed by atoms with Crippen LogP contribution in [0, 0.1) is 5.92 Å². The number of benzene rings is 1. The molecule has 0 unspecified atom stereocenters. The molecule has 2 aliphatic carbocycles. The number of methoxy groups -OCH3 is 1. The summed E-state index contributed by atoms with van der Waals surface area (Å²) in [6.45, 7) is 0.866. The molecular weight excluding hydrogens is 310 g/mol. The Labute approximate surface area is 139 Å². The van der Waals surface area contributed by atoms with Crippen LogP contribution < -0.4 is 9.47 Å². The lowest BCUT2D eigenvalue weighted by Gasteiger charge is -2.55. The van der Waals surface area contributed by atoms with E-state index in [0.29, 0.717) is 17.7 Å². The maximum Gasteiger partial charge on any atom is 0.207 e. The van der Waals surface area contributed by atoms with Gasteiger partial charge in [-0.05, 0) is 32.5 Å². The number of phenolic OH excluding ortho intramolecular Hbond substituents is 2. The molecule has 2 aliphatic heterocycles. The Hall–Kier alpha value is -2.21. The summed E-state index contributed by atoms with van der Waals surface area (Å²) >= 11 is 0. The number of likely N-dealkylation sites (N-methyl/N-ethyl adjacent to an activating group) is 1. The summed E-state index contributed by atoms with van der Waals surface area (Å²) in [4.78, 5) is 14.9. The van der Waals surface area contributed by atoms with E-state index in [9.17, 15) is 15.0 Å². The fraction of sp³-hybridized carbons (Fsp3) is 0.500. The van der Waals surface area contributed by atoms with Gasteiger partial charge in [0.05, 0.1) is 12.5 Å². The third-order valence-corrected chi connectivity index (χ3v) is 6.43. The van der Waals surface area contributed by atoms with E-state index in [1.165, 1.54) is 7.11 Å². The highest BCUT2D eigenvalue weighted by Crippen LogP contribution is 2.65. The van der Waals surface area contributed by atoms with Gasteiger partial charge in [0.2, 0.25) is 11.5 Å². The van der Waals surface area contributed by atoms with Gasteiger partial charge in [0, 0.05) is 23.1 Å². The predicted molar refractivity (Wildman–Crippen MR) is 84.8 cm³/mol. The van der Waals surface area contributed by atoms with Crippen LogP contribution in [-0.4, -0.2) is 53.7 Å². The molecule has 1 fully saturated rings. The molecule has 2 bridgehead atoms. The van der Waals surface area contributed by atoms with Gasteiger partial charge in [0.1, 0.15) is 0 Å². The fourth-order valence-electron chi connectivity index (χ4n) is 5.37. The van der Waals surface area contributed by atoms with E-state index in [0.717, 1.165) is 18.5 Å². The van der Waals surface area contributed by atoms with E-state index in [1.54, 1.807) is 6.08 Å². The zero-order chi connectivity index (χ0) is 16.8. The number of aromatic hydroxyl groups is 2. The van der Waals surface area contributed by atoms with Crippen molar-refractivity contribution in [3.63, 3.8) is 0 Å². The van der Waals surface area contributed by atoms with Crippen molar-refractivity contribution in [3.05, 3.63) is 23.3 Å². The number of likely N-dealkylation sites (tertiary alicyclic amines) is 1. The van der Waals surface area contributed by atoms with Crippen molar-refractivity contribution in [2.45, 2.75) is 30.4 Å². The smallest absolute Gasteiger partial charge is 0.207 e. The second kappa shape index (κ2) is 4.25. The molecule has 0 aromatic heterocycles. The Morgan fingerprint density at radius 2 is 2.17 bits per heavy atom. The molecule has 4 atom stereocenters. The maximum absolute atomic E-state index is 12.6. The molecule has 24 heavy (non-hydrogen) atoms. The molecule has 5 rings (SSSR count). The molecule has 6 nitrogen and oxygen atoms in total. The van der Waals surface area contributed by atoms with E-state index >= 15 is 0 Å². The minimum atomic E-state index is -0.604. The van der Waals surface area contributed by atoms with E-state index in [-0.39, 0.29) is 35.0 Å². The summed E-state index contributed by atoms with van der Waals surface area (Å²) in [5.41, 5.74) is 1.10. The minimum absolute atomic E-state index is 0.0559. The summed E-state index contributed by atoms with van der Waals surface area (Å²) in [5, 5.41) is 20.9. The van der Waals surface area contributed by atoms with Crippen LogP contribution in [0.2, 0.25) is 0 Å². The number of piperidine rings is 1. The third kappa shape index (κ3) is 1.32. The second-order valence-corrected chi connectivity index (χ2v) is 7.24. The highest BCUT2D eigenvalue weighted by molar-refractivity contribution is 5.98. The van der Waals surface area contributed by atoms with Gasteiger partial charge in [-0.15, -0.1) is 0 Å². The topological polar surface area (TPSA) is 79.2 Å². The molecule has 1 aromatic carbocycles. The molecular formula is C18H19NO5. The third-order valence-electron chi connectivity index (χ3n) is 6.43. The largest absolute Gasteiger partial charge is 0.504 e. The number of ether oxygens (including phenoxy) is 2. The summed E-state index contributed by atoms with van der Waals surface area (Å²) in [7, 11) is 3.50. The van der Waals surface area contributed by atoms with Crippen LogP contribution in [-0.2, 0) is 16.6 Å². The first-order valence-electron chi connectivity index (χ1n) is 8.25. The van der Waals surface area contributed by atoms with Crippen LogP contribution in [0.3, 0.4) is 0 Å². The van der Waals surface area contributed by atoms with Crippen molar-refractivity contribution >= 4 is 5.78 Å². The standard InChI is InChI=1S/C18H19NO5/c1-19-6-5-18-9-3-4-11(20)17(18)24-15-12(18)8(7-10(9)19)13(21)14(22)16(15)23-2/h3-4,9-10,17,21-22H,5-7H2,1-2H3/t9-,10+,17-,18-/m0/s1. The Bertz CT molecular complexity index is 816. The molecule has 0 radical (unpaired) electrons. The second-order valence-electron chi connectivity index (χ2n) is 7.24. The molecule has 6 heteroatoms. The van der Waals surface area contributed by atoms with Crippen molar-refractivity contribution in [3.8, 4) is 23.0 Å². The first kappa shape index (κ1) is 14.2. The summed E-state index contributed by atoms with van der Waals surface area (Å²) in [6, 6.07) is 0.173. The Morgan fingerprint density at radius 1 is 1.38 bits per heavy atom. The average molecular weight is 329 g/mol. The van der Waals surface area contributed by atoms with Gasteiger partial charge in [-0.2, -0.15) is 0 Å². The lowest BCUT2D eigenvalue weighted by atomic mass is 9.53. The van der Waals surface area contributed by atoms with Crippen LogP contribution >= 0.6 is 0 Å². The molecule has 4 aliphatic rings. The number of phenols is 2. The average Bonchev–Trinajstić information content (AvgIpc) is 2.91. The number of nitrogens with zero attached hydrogens (tertiary/aromatic N) is 1. The molecule has 1 saturated heterocycles. The zero-order valence-electron chi connectivity index (χ0n) is 13.6. The number of carbonyl (C=O) groups is 1. The predicted octanol–water partition coefficient (Wildman–Crippen LogP) is 1.12. The van der Waals surface area contributed by atoms with Gasteiger partial charge < -0.3 is 24.6 Å². The Kier molecular flexibility index (Phi) is 2.51. The van der Waals surface area contributed by atoms with E-state index in [1.807, 2.05) is 6.08 Å². The summed E-state index contributed by atoms with van der Waals surface area (Å²) in [5.74, 6) is 0.202. The normalized spacial score (nSPS) is 35.6. The van der Waals surface area contributed by atoms with Gasteiger partial charge >= 0.3 is 0 Å². The first-order chi connectivity index (χ1) is 11.5. The zero-order valence-corrected chi connectivity index (χ0v) is 13.6. The lowest BCUT2D eigenvalue weighted by Crippen LogP contribution is -2.64. The van der Waals surface area contributed by atoms with Gasteiger partial charge in [0.15, 0.2) is 23.4 Å². The van der Waals surface area contributed by atoms with Crippen LogP contribution in [0.4, 0.5) is 0 Å². The highest BCUT2D eigenvalue weighted by atomic mass is 16.5. The molecule has 1 spiro atoms. The summed E-state index contributed by atoms with van der Waals surface area (Å²) in [6.07, 6.45) is 4.43. The van der Waals surface area contributed by atoms with Gasteiger partial charge in [-0.25, -0.2) is 0 Å². The van der Waals surface area contributed by atoms with Crippen molar-refractivity contribution in [2.75, 3.05) is 20.7 Å². The van der Waals surface area contributed by atoms with Crippen LogP contribution in [0.1, 0.15) is 17.5 Å². The van der Waals surface area contributed by atoms with Crippen LogP contribution in [0.15, 0.2) is 12.2 Å². The van der Waals surface area contributed by atoms with E-state index in [2.05, 4.69) is 11.9 Å². The number of hydrogen-bond donors (Lipinski definition) is 2. The quantitative estimate of drug-likeness (QED) is 0.752. The first-order valence-corrected chi connectivity index (χ1v) is 8.25. The maximum atomic E-state index is 12.6. The number of carbonyl (C=O) groups excluding carboxylic acids is 1. The van der Waals surface area contributed by atoms with E-state index < -0.39 is 11.5 Å². The van der Waals surface area contributed by atoms with Crippen LogP contribution in [0.25, 0.3) is 0 Å². The van der Waals surface area contributed by atoms with Crippen molar-refractivity contribution in [1.82, 2.24) is 4.90 Å². The monoisotopic (exact) mass is 329 g/mol. The Morgan fingerprint density at radius 3 is 2.92 bits per heavy atom. The van der Waals surface area contributed by atoms with Crippen molar-refractivity contribution in [1.29, 1.82) is 0 Å². The molecule has 0 saturated carbocycles. The Balaban J connectivity index is 1.89. The minimum Gasteiger partial charge on any atom is -0.504 e. The number of ketones is 1. The molecule has 2 N–H and O–H groups in total.